The Morgan fingerprint density at radius 1 is 1.29 bits per heavy atom. The predicted molar refractivity (Wildman–Crippen MR) is 48.8 cm³/mol. The van der Waals surface area contributed by atoms with Gasteiger partial charge < -0.3 is 9.53 Å². The minimum Gasteiger partial charge on any atom is -0.610 e. The second kappa shape index (κ2) is 10.4. The molecule has 4 heteroatoms. The average Bonchev–Trinajstić information content (AvgIpc) is 2.23. The van der Waals surface area contributed by atoms with Crippen molar-refractivity contribution < 1.29 is 42.2 Å². The molecule has 0 N–H and O–H groups in total. The van der Waals surface area contributed by atoms with Crippen LogP contribution in [0.3, 0.4) is 0 Å². The topological polar surface area (TPSA) is 50.1 Å². The summed E-state index contributed by atoms with van der Waals surface area (Å²) in [6, 6.07) is 8.13. The number of hydrogen-bond acceptors (Lipinski definition) is 3. The van der Waals surface area contributed by atoms with Crippen molar-refractivity contribution in [1.29, 1.82) is 5.26 Å². The van der Waals surface area contributed by atoms with E-state index in [4.69, 9.17) is 5.26 Å². The molecule has 0 aromatic heterocycles. The molecule has 0 amide bonds. The number of ether oxygens (including phenoxy) is 1. The van der Waals surface area contributed by atoms with Crippen LogP contribution in [0.5, 0.6) is 5.75 Å². The Hall–Kier alpha value is -0.716. The summed E-state index contributed by atoms with van der Waals surface area (Å²) in [6.45, 7) is 5.29. The van der Waals surface area contributed by atoms with Crippen LogP contribution in [0.2, 0.25) is 0 Å². The van der Waals surface area contributed by atoms with Gasteiger partial charge >= 0.3 is 0 Å². The third-order valence-electron chi connectivity index (χ3n) is 1.14. The zero-order chi connectivity index (χ0) is 10.1. The van der Waals surface area contributed by atoms with Gasteiger partial charge in [-0.15, -0.1) is 12.1 Å². The molecule has 0 aliphatic heterocycles. The summed E-state index contributed by atoms with van der Waals surface area (Å²) < 4.78 is 4.39. The summed E-state index contributed by atoms with van der Waals surface area (Å²) in [5.74, 6) is 0.388. The van der Waals surface area contributed by atoms with Gasteiger partial charge in [0.2, 0.25) is 0 Å². The van der Waals surface area contributed by atoms with Gasteiger partial charge in [-0.1, -0.05) is 26.0 Å². The molecule has 1 aromatic carbocycles. The first kappa shape index (κ1) is 15.7. The van der Waals surface area contributed by atoms with Crippen molar-refractivity contribution >= 4 is 6.47 Å². The molecule has 0 bridgehead atoms. The van der Waals surface area contributed by atoms with E-state index >= 15 is 0 Å². The number of hydrogen-bond donors (Lipinski definition) is 0. The summed E-state index contributed by atoms with van der Waals surface area (Å²) in [5, 5.41) is 8.39. The van der Waals surface area contributed by atoms with Gasteiger partial charge in [-0.3, -0.25) is 0 Å². The fourth-order valence-electron chi connectivity index (χ4n) is 0.646. The Kier molecular flexibility index (Phi) is 11.7. The number of nitrogens with zero attached hydrogens (tertiary/aromatic N) is 1. The Morgan fingerprint density at radius 3 is 2.14 bits per heavy atom. The third-order valence-corrected chi connectivity index (χ3v) is 1.14. The predicted octanol–water partition coefficient (Wildman–Crippen LogP) is 2.03. The molecule has 3 nitrogen and oxygen atoms in total. The molecule has 0 unspecified atom stereocenters. The van der Waals surface area contributed by atoms with Crippen LogP contribution in [0.4, 0.5) is 0 Å². The van der Waals surface area contributed by atoms with Crippen LogP contribution in [0.25, 0.3) is 0 Å². The van der Waals surface area contributed by atoms with Crippen LogP contribution in [-0.4, -0.2) is 6.47 Å². The van der Waals surface area contributed by atoms with Crippen LogP contribution in [0.1, 0.15) is 19.4 Å². The first-order chi connectivity index (χ1) is 6.36. The monoisotopic (exact) mass is 265 g/mol. The summed E-state index contributed by atoms with van der Waals surface area (Å²) in [4.78, 5) is 9.72. The van der Waals surface area contributed by atoms with Crippen molar-refractivity contribution in [1.82, 2.24) is 0 Å². The van der Waals surface area contributed by atoms with E-state index in [9.17, 15) is 4.79 Å². The molecule has 14 heavy (non-hydrogen) atoms. The van der Waals surface area contributed by atoms with Crippen LogP contribution in [0, 0.1) is 11.3 Å². The molecular formula is C10H10NO2Y-. The minimum atomic E-state index is 0. The molecule has 0 spiro atoms. The smallest absolute Gasteiger partial charge is 0.170 e. The van der Waals surface area contributed by atoms with E-state index in [-0.39, 0.29) is 32.7 Å². The van der Waals surface area contributed by atoms with Gasteiger partial charge in [0.15, 0.2) is 6.47 Å². The molecule has 0 atom stereocenters. The van der Waals surface area contributed by atoms with Gasteiger partial charge in [-0.05, 0) is 5.75 Å². The maximum atomic E-state index is 9.72. The van der Waals surface area contributed by atoms with E-state index in [1.54, 1.807) is 12.1 Å². The van der Waals surface area contributed by atoms with Crippen LogP contribution >= 0.6 is 0 Å². The van der Waals surface area contributed by atoms with Crippen LogP contribution in [-0.2, 0) is 37.5 Å². The van der Waals surface area contributed by atoms with Crippen molar-refractivity contribution in [2.75, 3.05) is 0 Å². The maximum Gasteiger partial charge on any atom is 0.170 e. The van der Waals surface area contributed by atoms with Gasteiger partial charge in [0, 0.05) is 38.3 Å². The standard InChI is InChI=1S/C8H4NO2.C2H6.Y/c9-5-7-1-3-8(4-2-7)11-6-10;1-2;/h1-4H;1-2H3;/q-1;;. The van der Waals surface area contributed by atoms with Gasteiger partial charge in [0.05, 0.1) is 6.07 Å². The number of benzene rings is 1. The molecule has 71 valence electrons. The first-order valence-corrected chi connectivity index (χ1v) is 3.91. The fraction of sp³-hybridized carbons (Fsp3) is 0.200. The summed E-state index contributed by atoms with van der Waals surface area (Å²) in [5.41, 5.74) is 0.531. The molecule has 0 aliphatic carbocycles. The van der Waals surface area contributed by atoms with Gasteiger partial charge in [0.25, 0.3) is 0 Å². The molecule has 0 heterocycles. The van der Waals surface area contributed by atoms with Crippen molar-refractivity contribution in [3.63, 3.8) is 0 Å². The Morgan fingerprint density at radius 2 is 1.79 bits per heavy atom. The normalized spacial score (nSPS) is 6.93. The number of rotatable bonds is 2. The largest absolute Gasteiger partial charge is 0.610 e. The van der Waals surface area contributed by atoms with E-state index in [0.717, 1.165) is 0 Å². The third kappa shape index (κ3) is 5.85. The van der Waals surface area contributed by atoms with Gasteiger partial charge in [-0.2, -0.15) is 5.26 Å². The van der Waals surface area contributed by atoms with Crippen molar-refractivity contribution in [2.24, 2.45) is 0 Å². The van der Waals surface area contributed by atoms with Gasteiger partial charge in [0.1, 0.15) is 0 Å². The summed E-state index contributed by atoms with van der Waals surface area (Å²) in [7, 11) is 0. The molecular weight excluding hydrogens is 255 g/mol. The first-order valence-electron chi connectivity index (χ1n) is 3.91. The number of carbonyl (C=O) groups excluding carboxylic acids is 1. The maximum absolute atomic E-state index is 9.72. The van der Waals surface area contributed by atoms with Gasteiger partial charge in [-0.25, -0.2) is 0 Å². The van der Waals surface area contributed by atoms with Crippen molar-refractivity contribution in [2.45, 2.75) is 13.8 Å². The summed E-state index contributed by atoms with van der Waals surface area (Å²) >= 11 is 0. The van der Waals surface area contributed by atoms with E-state index < -0.39 is 0 Å². The molecule has 0 fully saturated rings. The quantitative estimate of drug-likeness (QED) is 0.769. The molecule has 1 radical (unpaired) electrons. The van der Waals surface area contributed by atoms with Crippen molar-refractivity contribution in [3.8, 4) is 11.8 Å². The summed E-state index contributed by atoms with van der Waals surface area (Å²) in [6.07, 6.45) is 0. The average molecular weight is 265 g/mol. The van der Waals surface area contributed by atoms with E-state index in [1.165, 1.54) is 18.6 Å². The van der Waals surface area contributed by atoms with Crippen molar-refractivity contribution in [3.05, 3.63) is 29.8 Å². The molecule has 0 saturated carbocycles. The zero-order valence-electron chi connectivity index (χ0n) is 8.15. The fourth-order valence-corrected chi connectivity index (χ4v) is 0.646. The Balaban J connectivity index is 0. The van der Waals surface area contributed by atoms with E-state index in [1.807, 2.05) is 19.9 Å². The molecule has 1 aromatic rings. The Bertz CT molecular complexity index is 290. The van der Waals surface area contributed by atoms with Crippen LogP contribution < -0.4 is 4.74 Å². The second-order valence-corrected chi connectivity index (χ2v) is 1.82. The second-order valence-electron chi connectivity index (χ2n) is 1.82. The van der Waals surface area contributed by atoms with E-state index in [0.29, 0.717) is 11.3 Å². The van der Waals surface area contributed by atoms with Crippen LogP contribution in [0.15, 0.2) is 24.3 Å². The zero-order valence-corrected chi connectivity index (χ0v) is 11.0. The molecule has 0 saturated heterocycles. The molecule has 1 rings (SSSR count). The SMILES string of the molecule is CC.N#Cc1ccc(O[C-]=O)cc1.[Y]. The minimum absolute atomic E-state index is 0. The molecule has 0 aliphatic rings. The number of nitriles is 1. The van der Waals surface area contributed by atoms with E-state index in [2.05, 4.69) is 4.74 Å². The Labute approximate surface area is 109 Å².